The van der Waals surface area contributed by atoms with E-state index in [0.29, 0.717) is 49.3 Å². The monoisotopic (exact) mass is 467 g/mol. The van der Waals surface area contributed by atoms with E-state index < -0.39 is 10.0 Å². The van der Waals surface area contributed by atoms with Gasteiger partial charge in [0.2, 0.25) is 10.0 Å². The number of hydrogen-bond acceptors (Lipinski definition) is 6. The van der Waals surface area contributed by atoms with Gasteiger partial charge in [0.1, 0.15) is 11.6 Å². The van der Waals surface area contributed by atoms with Crippen LogP contribution >= 0.6 is 0 Å². The average molecular weight is 468 g/mol. The van der Waals surface area contributed by atoms with Gasteiger partial charge in [-0.05, 0) is 67.2 Å². The van der Waals surface area contributed by atoms with Crippen LogP contribution in [0.25, 0.3) is 0 Å². The number of carbonyl (C=O) groups excluding carboxylic acids is 1. The fraction of sp³-hybridized carbons (Fsp3) is 0.542. The molecule has 9 heteroatoms. The summed E-state index contributed by atoms with van der Waals surface area (Å²) in [7, 11) is -3.27. The summed E-state index contributed by atoms with van der Waals surface area (Å²) >= 11 is 0. The maximum Gasteiger partial charge on any atom is 0.255 e. The van der Waals surface area contributed by atoms with E-state index in [2.05, 4.69) is 22.1 Å². The van der Waals surface area contributed by atoms with E-state index >= 15 is 0 Å². The lowest BCUT2D eigenvalue weighted by Gasteiger charge is -2.36. The number of aromatic nitrogens is 2. The lowest BCUT2D eigenvalue weighted by Crippen LogP contribution is -2.49. The van der Waals surface area contributed by atoms with E-state index in [1.807, 2.05) is 4.90 Å². The summed E-state index contributed by atoms with van der Waals surface area (Å²) in [5, 5.41) is 0. The Balaban J connectivity index is 1.12. The second-order valence-electron chi connectivity index (χ2n) is 9.66. The van der Waals surface area contributed by atoms with Crippen molar-refractivity contribution in [1.29, 1.82) is 0 Å². The molecule has 0 atom stereocenters. The number of nitrogens with zero attached hydrogens (tertiary/aromatic N) is 5. The molecule has 2 saturated heterocycles. The van der Waals surface area contributed by atoms with Crippen molar-refractivity contribution in [3.8, 4) is 0 Å². The lowest BCUT2D eigenvalue weighted by molar-refractivity contribution is 0.0746. The van der Waals surface area contributed by atoms with Gasteiger partial charge in [0.15, 0.2) is 0 Å². The van der Waals surface area contributed by atoms with Crippen molar-refractivity contribution < 1.29 is 13.2 Å². The largest absolute Gasteiger partial charge is 0.353 e. The maximum atomic E-state index is 13.0. The molecule has 1 amide bonds. The van der Waals surface area contributed by atoms with Crippen LogP contribution < -0.4 is 9.21 Å². The first-order valence-corrected chi connectivity index (χ1v) is 13.6. The Morgan fingerprint density at radius 2 is 1.67 bits per heavy atom. The van der Waals surface area contributed by atoms with Gasteiger partial charge in [-0.2, -0.15) is 0 Å². The van der Waals surface area contributed by atoms with Crippen molar-refractivity contribution >= 4 is 27.6 Å². The van der Waals surface area contributed by atoms with Gasteiger partial charge in [-0.3, -0.25) is 9.10 Å². The second-order valence-corrected chi connectivity index (χ2v) is 11.7. The van der Waals surface area contributed by atoms with E-state index in [1.165, 1.54) is 47.3 Å². The van der Waals surface area contributed by atoms with Gasteiger partial charge in [0.25, 0.3) is 5.91 Å². The smallest absolute Gasteiger partial charge is 0.255 e. The topological polar surface area (TPSA) is 86.7 Å². The molecular formula is C24H29N5O3S. The molecule has 2 saturated carbocycles. The summed E-state index contributed by atoms with van der Waals surface area (Å²) in [6.45, 7) is 3.25. The third-order valence-electron chi connectivity index (χ3n) is 7.20. The van der Waals surface area contributed by atoms with Crippen LogP contribution in [0.1, 0.15) is 65.4 Å². The van der Waals surface area contributed by atoms with Crippen LogP contribution in [0.5, 0.6) is 0 Å². The quantitative estimate of drug-likeness (QED) is 0.672. The Bertz CT molecular complexity index is 1170. The third kappa shape index (κ3) is 4.07. The number of sulfonamides is 1. The van der Waals surface area contributed by atoms with Crippen LogP contribution in [0.15, 0.2) is 30.6 Å². The molecule has 2 aromatic heterocycles. The molecule has 2 aliphatic carbocycles. The number of carbonyl (C=O) groups is 1. The molecular weight excluding hydrogens is 438 g/mol. The van der Waals surface area contributed by atoms with Gasteiger partial charge < -0.3 is 9.80 Å². The summed E-state index contributed by atoms with van der Waals surface area (Å²) in [4.78, 5) is 26.4. The van der Waals surface area contributed by atoms with Crippen LogP contribution in [0.4, 0.5) is 11.6 Å². The molecule has 4 heterocycles. The molecule has 8 nitrogen and oxygen atoms in total. The molecule has 0 spiro atoms. The molecule has 0 aromatic carbocycles. The van der Waals surface area contributed by atoms with E-state index in [4.69, 9.17) is 4.98 Å². The molecule has 2 aromatic rings. The Morgan fingerprint density at radius 1 is 0.909 bits per heavy atom. The van der Waals surface area contributed by atoms with E-state index in [0.717, 1.165) is 18.9 Å². The lowest BCUT2D eigenvalue weighted by atomic mass is 10.1. The van der Waals surface area contributed by atoms with E-state index in [-0.39, 0.29) is 11.7 Å². The molecule has 0 N–H and O–H groups in total. The summed E-state index contributed by atoms with van der Waals surface area (Å²) in [6, 6.07) is 5.72. The average Bonchev–Trinajstić information content (AvgIpc) is 3.76. The predicted molar refractivity (Wildman–Crippen MR) is 126 cm³/mol. The summed E-state index contributed by atoms with van der Waals surface area (Å²) < 4.78 is 25.5. The van der Waals surface area contributed by atoms with Gasteiger partial charge in [-0.25, -0.2) is 18.4 Å². The fourth-order valence-electron chi connectivity index (χ4n) is 4.95. The molecule has 4 aliphatic rings. The highest BCUT2D eigenvalue weighted by Gasteiger charge is 2.33. The first kappa shape index (κ1) is 20.9. The Hall–Kier alpha value is -2.68. The SMILES string of the molecule is O=C(c1ccc(N2CCCS2(=O)=O)nc1)N1CCN(c2ncc(C3CC3)cc2C2CC2)CC1. The normalized spacial score (nSPS) is 22.6. The van der Waals surface area contributed by atoms with Crippen LogP contribution in [-0.2, 0) is 10.0 Å². The Morgan fingerprint density at radius 3 is 2.27 bits per heavy atom. The van der Waals surface area contributed by atoms with Crippen LogP contribution in [-0.4, -0.2) is 67.7 Å². The van der Waals surface area contributed by atoms with Crippen molar-refractivity contribution in [3.63, 3.8) is 0 Å². The highest BCUT2D eigenvalue weighted by atomic mass is 32.2. The van der Waals surface area contributed by atoms with Gasteiger partial charge in [0, 0.05) is 45.1 Å². The first-order chi connectivity index (χ1) is 16.0. The molecule has 0 unspecified atom stereocenters. The van der Waals surface area contributed by atoms with Gasteiger partial charge in [-0.1, -0.05) is 6.07 Å². The molecule has 174 valence electrons. The van der Waals surface area contributed by atoms with Crippen molar-refractivity contribution in [2.24, 2.45) is 0 Å². The molecule has 2 aliphatic heterocycles. The molecule has 4 fully saturated rings. The number of rotatable bonds is 5. The number of hydrogen-bond donors (Lipinski definition) is 0. The number of amides is 1. The van der Waals surface area contributed by atoms with Crippen LogP contribution in [0.3, 0.4) is 0 Å². The molecule has 6 rings (SSSR count). The van der Waals surface area contributed by atoms with Crippen molar-refractivity contribution in [2.75, 3.05) is 47.7 Å². The summed E-state index contributed by atoms with van der Waals surface area (Å²) in [5.74, 6) is 2.95. The van der Waals surface area contributed by atoms with Crippen molar-refractivity contribution in [3.05, 3.63) is 47.3 Å². The number of piperazine rings is 1. The zero-order valence-corrected chi connectivity index (χ0v) is 19.5. The van der Waals surface area contributed by atoms with Gasteiger partial charge >= 0.3 is 0 Å². The minimum absolute atomic E-state index is 0.0579. The van der Waals surface area contributed by atoms with Crippen LogP contribution in [0, 0.1) is 0 Å². The minimum atomic E-state index is -3.27. The highest BCUT2D eigenvalue weighted by Crippen LogP contribution is 2.47. The predicted octanol–water partition coefficient (Wildman–Crippen LogP) is 2.73. The third-order valence-corrected chi connectivity index (χ3v) is 9.04. The molecule has 0 bridgehead atoms. The van der Waals surface area contributed by atoms with Crippen molar-refractivity contribution in [1.82, 2.24) is 14.9 Å². The second kappa shape index (κ2) is 7.97. The standard InChI is InChI=1S/C24H29N5O3S/c30-24(19-6-7-22(25-15-19)29-8-1-13-33(29,31)32)28-11-9-27(10-12-28)23-21(18-4-5-18)14-20(16-26-23)17-2-3-17/h6-7,14-18H,1-5,8-13H2. The van der Waals surface area contributed by atoms with E-state index in [9.17, 15) is 13.2 Å². The molecule has 33 heavy (non-hydrogen) atoms. The first-order valence-electron chi connectivity index (χ1n) is 12.0. The highest BCUT2D eigenvalue weighted by molar-refractivity contribution is 7.93. The summed E-state index contributed by atoms with van der Waals surface area (Å²) in [6.07, 6.45) is 9.25. The minimum Gasteiger partial charge on any atom is -0.353 e. The van der Waals surface area contributed by atoms with Crippen molar-refractivity contribution in [2.45, 2.75) is 43.9 Å². The van der Waals surface area contributed by atoms with Gasteiger partial charge in [0.05, 0.1) is 11.3 Å². The number of anilines is 2. The van der Waals surface area contributed by atoms with Crippen LogP contribution in [0.2, 0.25) is 0 Å². The van der Waals surface area contributed by atoms with E-state index in [1.54, 1.807) is 12.1 Å². The van der Waals surface area contributed by atoms with Gasteiger partial charge in [-0.15, -0.1) is 0 Å². The zero-order chi connectivity index (χ0) is 22.6. The number of pyridine rings is 2. The summed E-state index contributed by atoms with van der Waals surface area (Å²) in [5.41, 5.74) is 3.29. The Kier molecular flexibility index (Phi) is 5.05. The maximum absolute atomic E-state index is 13.0. The molecule has 0 radical (unpaired) electrons. The Labute approximate surface area is 194 Å². The zero-order valence-electron chi connectivity index (χ0n) is 18.7. The fourth-order valence-corrected chi connectivity index (χ4v) is 6.47.